The van der Waals surface area contributed by atoms with Crippen molar-refractivity contribution in [3.8, 4) is 11.5 Å². The summed E-state index contributed by atoms with van der Waals surface area (Å²) in [4.78, 5) is -0.441. The SMILES string of the molecule is COc1ccc(S(=O)(=O)NC(C)C)cc1NS(=O)(=O)c1ccc(OC)c(Cl)c1Cl. The fourth-order valence-electron chi connectivity index (χ4n) is 2.39. The van der Waals surface area contributed by atoms with Gasteiger partial charge in [-0.3, -0.25) is 4.72 Å². The van der Waals surface area contributed by atoms with Crippen LogP contribution in [0, 0.1) is 0 Å². The summed E-state index contributed by atoms with van der Waals surface area (Å²) in [6, 6.07) is 6.03. The highest BCUT2D eigenvalue weighted by Crippen LogP contribution is 2.38. The van der Waals surface area contributed by atoms with Gasteiger partial charge in [0.1, 0.15) is 21.4 Å². The van der Waals surface area contributed by atoms with Gasteiger partial charge in [-0.05, 0) is 44.2 Å². The van der Waals surface area contributed by atoms with Gasteiger partial charge in [-0.15, -0.1) is 0 Å². The van der Waals surface area contributed by atoms with Gasteiger partial charge in [0, 0.05) is 6.04 Å². The first-order chi connectivity index (χ1) is 13.4. The van der Waals surface area contributed by atoms with Crippen molar-refractivity contribution in [2.75, 3.05) is 18.9 Å². The van der Waals surface area contributed by atoms with Gasteiger partial charge in [-0.1, -0.05) is 23.2 Å². The molecular formula is C17H20Cl2N2O6S2. The Bertz CT molecular complexity index is 1120. The van der Waals surface area contributed by atoms with E-state index in [4.69, 9.17) is 32.7 Å². The molecule has 0 bridgehead atoms. The predicted molar refractivity (Wildman–Crippen MR) is 112 cm³/mol. The van der Waals surface area contributed by atoms with E-state index in [-0.39, 0.29) is 43.1 Å². The fraction of sp³-hybridized carbons (Fsp3) is 0.294. The summed E-state index contributed by atoms with van der Waals surface area (Å²) < 4.78 is 65.4. The van der Waals surface area contributed by atoms with Gasteiger partial charge in [-0.2, -0.15) is 0 Å². The van der Waals surface area contributed by atoms with Crippen LogP contribution in [0.25, 0.3) is 0 Å². The maximum Gasteiger partial charge on any atom is 0.263 e. The van der Waals surface area contributed by atoms with Crippen LogP contribution in [-0.4, -0.2) is 37.1 Å². The van der Waals surface area contributed by atoms with Gasteiger partial charge in [0.05, 0.1) is 29.8 Å². The van der Waals surface area contributed by atoms with E-state index in [1.165, 1.54) is 38.5 Å². The minimum absolute atomic E-state index is 0.0681. The number of benzene rings is 2. The molecule has 0 unspecified atom stereocenters. The zero-order valence-electron chi connectivity index (χ0n) is 16.0. The average Bonchev–Trinajstić information content (AvgIpc) is 2.62. The molecule has 0 aliphatic heterocycles. The number of hydrogen-bond donors (Lipinski definition) is 2. The molecule has 8 nitrogen and oxygen atoms in total. The molecule has 0 fully saturated rings. The smallest absolute Gasteiger partial charge is 0.263 e. The second-order valence-corrected chi connectivity index (χ2v) is 10.3. The van der Waals surface area contributed by atoms with E-state index in [9.17, 15) is 16.8 Å². The molecule has 2 N–H and O–H groups in total. The van der Waals surface area contributed by atoms with Gasteiger partial charge in [0.15, 0.2) is 0 Å². The summed E-state index contributed by atoms with van der Waals surface area (Å²) in [5.74, 6) is 0.328. The van der Waals surface area contributed by atoms with Crippen molar-refractivity contribution in [2.24, 2.45) is 0 Å². The van der Waals surface area contributed by atoms with Crippen molar-refractivity contribution in [1.29, 1.82) is 0 Å². The molecule has 0 saturated carbocycles. The highest BCUT2D eigenvalue weighted by molar-refractivity contribution is 7.93. The molecule has 12 heteroatoms. The molecular weight excluding hydrogens is 463 g/mol. The lowest BCUT2D eigenvalue weighted by molar-refractivity contribution is 0.414. The number of methoxy groups -OCH3 is 2. The monoisotopic (exact) mass is 482 g/mol. The molecule has 160 valence electrons. The number of anilines is 1. The van der Waals surface area contributed by atoms with Crippen LogP contribution >= 0.6 is 23.2 Å². The Morgan fingerprint density at radius 1 is 0.862 bits per heavy atom. The summed E-state index contributed by atoms with van der Waals surface area (Å²) in [6.07, 6.45) is 0. The number of nitrogens with one attached hydrogen (secondary N) is 2. The fourth-order valence-corrected chi connectivity index (χ4v) is 5.57. The van der Waals surface area contributed by atoms with E-state index in [1.807, 2.05) is 0 Å². The summed E-state index contributed by atoms with van der Waals surface area (Å²) in [7, 11) is -5.39. The van der Waals surface area contributed by atoms with Crippen LogP contribution in [0.1, 0.15) is 13.8 Å². The Morgan fingerprint density at radius 2 is 1.45 bits per heavy atom. The maximum absolute atomic E-state index is 12.9. The summed E-state index contributed by atoms with van der Waals surface area (Å²) in [5, 5.41) is -0.302. The molecule has 0 aliphatic carbocycles. The number of ether oxygens (including phenoxy) is 2. The van der Waals surface area contributed by atoms with Gasteiger partial charge < -0.3 is 9.47 Å². The van der Waals surface area contributed by atoms with Crippen LogP contribution in [0.5, 0.6) is 11.5 Å². The second-order valence-electron chi connectivity index (χ2n) is 6.14. The molecule has 0 heterocycles. The molecule has 29 heavy (non-hydrogen) atoms. The normalized spacial score (nSPS) is 12.1. The molecule has 0 atom stereocenters. The Morgan fingerprint density at radius 3 is 2.00 bits per heavy atom. The van der Waals surface area contributed by atoms with Crippen molar-refractivity contribution in [2.45, 2.75) is 29.7 Å². The van der Waals surface area contributed by atoms with E-state index in [0.717, 1.165) is 6.07 Å². The molecule has 2 aromatic rings. The minimum Gasteiger partial charge on any atom is -0.495 e. The third kappa shape index (κ3) is 5.26. The number of halogens is 2. The number of rotatable bonds is 8. The third-order valence-electron chi connectivity index (χ3n) is 3.64. The lowest BCUT2D eigenvalue weighted by atomic mass is 10.3. The zero-order chi connectivity index (χ0) is 22.0. The largest absolute Gasteiger partial charge is 0.495 e. The van der Waals surface area contributed by atoms with Crippen molar-refractivity contribution in [1.82, 2.24) is 4.72 Å². The first-order valence-electron chi connectivity index (χ1n) is 8.18. The quantitative estimate of drug-likeness (QED) is 0.595. The van der Waals surface area contributed by atoms with E-state index in [2.05, 4.69) is 9.44 Å². The summed E-state index contributed by atoms with van der Waals surface area (Å²) in [6.45, 7) is 3.33. The molecule has 0 aliphatic rings. The topological polar surface area (TPSA) is 111 Å². The van der Waals surface area contributed by atoms with Crippen molar-refractivity contribution >= 4 is 48.9 Å². The first-order valence-corrected chi connectivity index (χ1v) is 11.9. The van der Waals surface area contributed by atoms with Gasteiger partial charge in [0.25, 0.3) is 10.0 Å². The highest BCUT2D eigenvalue weighted by Gasteiger charge is 2.25. The van der Waals surface area contributed by atoms with Crippen LogP contribution in [0.2, 0.25) is 10.0 Å². The number of hydrogen-bond acceptors (Lipinski definition) is 6. The highest BCUT2D eigenvalue weighted by atomic mass is 35.5. The lowest BCUT2D eigenvalue weighted by Gasteiger charge is -2.16. The molecule has 0 spiro atoms. The molecule has 0 radical (unpaired) electrons. The zero-order valence-corrected chi connectivity index (χ0v) is 19.1. The van der Waals surface area contributed by atoms with Crippen LogP contribution in [0.3, 0.4) is 0 Å². The van der Waals surface area contributed by atoms with Gasteiger partial charge >= 0.3 is 0 Å². The molecule has 0 amide bonds. The van der Waals surface area contributed by atoms with Crippen LogP contribution < -0.4 is 18.9 Å². The van der Waals surface area contributed by atoms with E-state index < -0.39 is 20.0 Å². The maximum atomic E-state index is 12.9. The Labute approximate surface area is 180 Å². The van der Waals surface area contributed by atoms with Crippen LogP contribution in [0.4, 0.5) is 5.69 Å². The van der Waals surface area contributed by atoms with Crippen LogP contribution in [-0.2, 0) is 20.0 Å². The van der Waals surface area contributed by atoms with Crippen molar-refractivity contribution in [3.05, 3.63) is 40.4 Å². The van der Waals surface area contributed by atoms with E-state index in [1.54, 1.807) is 13.8 Å². The second kappa shape index (κ2) is 8.97. The molecule has 0 aromatic heterocycles. The summed E-state index contributed by atoms with van der Waals surface area (Å²) in [5.41, 5.74) is -0.0814. The van der Waals surface area contributed by atoms with Crippen LogP contribution in [0.15, 0.2) is 40.1 Å². The Balaban J connectivity index is 2.52. The summed E-state index contributed by atoms with van der Waals surface area (Å²) >= 11 is 12.1. The Kier molecular flexibility index (Phi) is 7.28. The van der Waals surface area contributed by atoms with Crippen molar-refractivity contribution in [3.63, 3.8) is 0 Å². The lowest BCUT2D eigenvalue weighted by Crippen LogP contribution is -2.30. The molecule has 2 rings (SSSR count). The van der Waals surface area contributed by atoms with Gasteiger partial charge in [-0.25, -0.2) is 21.6 Å². The molecule has 2 aromatic carbocycles. The first kappa shape index (κ1) is 23.6. The molecule has 0 saturated heterocycles. The van der Waals surface area contributed by atoms with Gasteiger partial charge in [0.2, 0.25) is 10.0 Å². The third-order valence-corrected chi connectivity index (χ3v) is 7.68. The number of sulfonamides is 2. The van der Waals surface area contributed by atoms with Crippen molar-refractivity contribution < 1.29 is 26.3 Å². The van der Waals surface area contributed by atoms with E-state index >= 15 is 0 Å². The Hall–Kier alpha value is -1.72. The minimum atomic E-state index is -4.23. The standard InChI is InChI=1S/C17H20Cl2N2O6S2/c1-10(2)20-28(22,23)11-5-6-13(26-3)12(9-11)21-29(24,25)15-8-7-14(27-4)16(18)17(15)19/h5-10,20-21H,1-4H3. The van der Waals surface area contributed by atoms with E-state index in [0.29, 0.717) is 0 Å². The predicted octanol–water partition coefficient (Wildman–Crippen LogP) is 3.50. The average molecular weight is 483 g/mol.